The van der Waals surface area contributed by atoms with E-state index in [2.05, 4.69) is 5.32 Å². The summed E-state index contributed by atoms with van der Waals surface area (Å²) in [5.74, 6) is -0.848. The van der Waals surface area contributed by atoms with Gasteiger partial charge in [-0.25, -0.2) is 0 Å². The van der Waals surface area contributed by atoms with E-state index < -0.39 is 11.9 Å². The van der Waals surface area contributed by atoms with Crippen molar-refractivity contribution >= 4 is 24.2 Å². The normalized spacial score (nSPS) is 13.0. The molecular formula is C12H18ClN3O2. The van der Waals surface area contributed by atoms with E-state index in [1.165, 1.54) is 6.92 Å². The van der Waals surface area contributed by atoms with Crippen LogP contribution in [0.15, 0.2) is 30.3 Å². The summed E-state index contributed by atoms with van der Waals surface area (Å²) in [5, 5.41) is 2.49. The number of primary amides is 1. The Labute approximate surface area is 112 Å². The molecule has 1 rings (SSSR count). The molecule has 100 valence electrons. The fourth-order valence-electron chi connectivity index (χ4n) is 1.39. The van der Waals surface area contributed by atoms with Crippen LogP contribution in [0.1, 0.15) is 24.9 Å². The molecule has 5 N–H and O–H groups in total. The summed E-state index contributed by atoms with van der Waals surface area (Å²) in [5.41, 5.74) is 11.8. The number of nitrogens with two attached hydrogens (primary N) is 2. The molecular weight excluding hydrogens is 254 g/mol. The van der Waals surface area contributed by atoms with Crippen LogP contribution in [0, 0.1) is 0 Å². The molecule has 0 saturated heterocycles. The fourth-order valence-corrected chi connectivity index (χ4v) is 1.39. The molecule has 0 spiro atoms. The molecule has 0 aliphatic rings. The van der Waals surface area contributed by atoms with Crippen molar-refractivity contribution in [2.24, 2.45) is 11.5 Å². The predicted molar refractivity (Wildman–Crippen MR) is 72.0 cm³/mol. The topological polar surface area (TPSA) is 98.2 Å². The lowest BCUT2D eigenvalue weighted by Gasteiger charge is -2.14. The second-order valence-corrected chi connectivity index (χ2v) is 3.91. The number of carbonyl (C=O) groups excluding carboxylic acids is 2. The minimum atomic E-state index is -0.675. The first kappa shape index (κ1) is 16.4. The van der Waals surface area contributed by atoms with Crippen LogP contribution in [0.2, 0.25) is 0 Å². The van der Waals surface area contributed by atoms with E-state index in [0.717, 1.165) is 5.56 Å². The van der Waals surface area contributed by atoms with Crippen LogP contribution < -0.4 is 16.8 Å². The summed E-state index contributed by atoms with van der Waals surface area (Å²) in [6.07, 6.45) is 0.127. The molecule has 1 aromatic carbocycles. The molecule has 1 aromatic rings. The predicted octanol–water partition coefficient (Wildman–Crippen LogP) is 0.488. The molecule has 18 heavy (non-hydrogen) atoms. The van der Waals surface area contributed by atoms with Crippen molar-refractivity contribution in [2.45, 2.75) is 25.4 Å². The van der Waals surface area contributed by atoms with E-state index in [1.807, 2.05) is 30.3 Å². The third kappa shape index (κ3) is 5.16. The smallest absolute Gasteiger partial charge is 0.239 e. The molecule has 0 aliphatic carbocycles. The van der Waals surface area contributed by atoms with Crippen LogP contribution in [-0.4, -0.2) is 17.9 Å². The molecule has 0 fully saturated rings. The van der Waals surface area contributed by atoms with Gasteiger partial charge in [-0.15, -0.1) is 12.4 Å². The van der Waals surface area contributed by atoms with Crippen molar-refractivity contribution in [1.82, 2.24) is 5.32 Å². The van der Waals surface area contributed by atoms with E-state index >= 15 is 0 Å². The number of hydrogen-bond acceptors (Lipinski definition) is 3. The van der Waals surface area contributed by atoms with E-state index in [4.69, 9.17) is 11.5 Å². The van der Waals surface area contributed by atoms with Crippen LogP contribution in [-0.2, 0) is 9.59 Å². The van der Waals surface area contributed by atoms with Gasteiger partial charge in [-0.1, -0.05) is 30.3 Å². The highest BCUT2D eigenvalue weighted by Crippen LogP contribution is 2.12. The number of hydrogen-bond donors (Lipinski definition) is 3. The molecule has 6 heteroatoms. The SMILES string of the molecule is C[C@H](NC(=O)CC(N)c1ccccc1)C(N)=O.Cl. The van der Waals surface area contributed by atoms with Crippen LogP contribution in [0.4, 0.5) is 0 Å². The molecule has 0 aromatic heterocycles. The summed E-state index contributed by atoms with van der Waals surface area (Å²) < 4.78 is 0. The van der Waals surface area contributed by atoms with E-state index in [0.29, 0.717) is 0 Å². The maximum Gasteiger partial charge on any atom is 0.239 e. The van der Waals surface area contributed by atoms with Gasteiger partial charge in [-0.3, -0.25) is 9.59 Å². The summed E-state index contributed by atoms with van der Waals surface area (Å²) in [6, 6.07) is 8.26. The average Bonchev–Trinajstić information content (AvgIpc) is 2.29. The van der Waals surface area contributed by atoms with Crippen LogP contribution in [0.25, 0.3) is 0 Å². The van der Waals surface area contributed by atoms with E-state index in [9.17, 15) is 9.59 Å². The Morgan fingerprint density at radius 2 is 1.83 bits per heavy atom. The van der Waals surface area contributed by atoms with Crippen molar-refractivity contribution in [2.75, 3.05) is 0 Å². The lowest BCUT2D eigenvalue weighted by molar-refractivity contribution is -0.127. The molecule has 0 saturated carbocycles. The Balaban J connectivity index is 0.00000289. The molecule has 5 nitrogen and oxygen atoms in total. The summed E-state index contributed by atoms with van der Waals surface area (Å²) >= 11 is 0. The lowest BCUT2D eigenvalue weighted by atomic mass is 10.0. The first-order chi connectivity index (χ1) is 8.00. The minimum Gasteiger partial charge on any atom is -0.368 e. The van der Waals surface area contributed by atoms with Crippen molar-refractivity contribution in [3.63, 3.8) is 0 Å². The largest absolute Gasteiger partial charge is 0.368 e. The molecule has 0 radical (unpaired) electrons. The number of rotatable bonds is 5. The monoisotopic (exact) mass is 271 g/mol. The van der Waals surface area contributed by atoms with Gasteiger partial charge in [0.05, 0.1) is 0 Å². The van der Waals surface area contributed by atoms with Crippen molar-refractivity contribution in [3.05, 3.63) is 35.9 Å². The minimum absolute atomic E-state index is 0. The second kappa shape index (κ2) is 7.68. The first-order valence-electron chi connectivity index (χ1n) is 5.40. The Morgan fingerprint density at radius 3 is 2.33 bits per heavy atom. The maximum absolute atomic E-state index is 11.5. The van der Waals surface area contributed by atoms with Gasteiger partial charge < -0.3 is 16.8 Å². The standard InChI is InChI=1S/C12H17N3O2.ClH/c1-8(12(14)17)15-11(16)7-10(13)9-5-3-2-4-6-9;/h2-6,8,10H,7,13H2,1H3,(H2,14,17)(H,15,16);1H/t8-,10?;/m0./s1. The Kier molecular flexibility index (Phi) is 7.00. The first-order valence-corrected chi connectivity index (χ1v) is 5.40. The lowest BCUT2D eigenvalue weighted by Crippen LogP contribution is -2.42. The van der Waals surface area contributed by atoms with E-state index in [1.54, 1.807) is 0 Å². The molecule has 2 amide bonds. The van der Waals surface area contributed by atoms with Gasteiger partial charge in [-0.2, -0.15) is 0 Å². The summed E-state index contributed by atoms with van der Waals surface area (Å²) in [6.45, 7) is 1.54. The third-order valence-corrected chi connectivity index (χ3v) is 2.44. The second-order valence-electron chi connectivity index (χ2n) is 3.91. The Bertz CT molecular complexity index is 398. The molecule has 0 heterocycles. The van der Waals surface area contributed by atoms with Gasteiger partial charge in [0.15, 0.2) is 0 Å². The van der Waals surface area contributed by atoms with Crippen LogP contribution >= 0.6 is 12.4 Å². The van der Waals surface area contributed by atoms with Gasteiger partial charge in [0, 0.05) is 12.5 Å². The zero-order valence-electron chi connectivity index (χ0n) is 10.1. The van der Waals surface area contributed by atoms with Gasteiger partial charge in [0.25, 0.3) is 0 Å². The summed E-state index contributed by atoms with van der Waals surface area (Å²) in [4.78, 5) is 22.3. The quantitative estimate of drug-likeness (QED) is 0.727. The van der Waals surface area contributed by atoms with Crippen LogP contribution in [0.3, 0.4) is 0 Å². The van der Waals surface area contributed by atoms with Crippen molar-refractivity contribution in [1.29, 1.82) is 0 Å². The zero-order chi connectivity index (χ0) is 12.8. The Morgan fingerprint density at radius 1 is 1.28 bits per heavy atom. The number of halogens is 1. The fraction of sp³-hybridized carbons (Fsp3) is 0.333. The van der Waals surface area contributed by atoms with Crippen LogP contribution in [0.5, 0.6) is 0 Å². The molecule has 1 unspecified atom stereocenters. The third-order valence-electron chi connectivity index (χ3n) is 2.44. The Hall–Kier alpha value is -1.59. The molecule has 0 bridgehead atoms. The summed E-state index contributed by atoms with van der Waals surface area (Å²) in [7, 11) is 0. The zero-order valence-corrected chi connectivity index (χ0v) is 10.9. The van der Waals surface area contributed by atoms with E-state index in [-0.39, 0.29) is 30.8 Å². The highest BCUT2D eigenvalue weighted by Gasteiger charge is 2.15. The highest BCUT2D eigenvalue weighted by molar-refractivity contribution is 5.86. The highest BCUT2D eigenvalue weighted by atomic mass is 35.5. The number of carbonyl (C=O) groups is 2. The van der Waals surface area contributed by atoms with Gasteiger partial charge >= 0.3 is 0 Å². The number of nitrogens with one attached hydrogen (secondary N) is 1. The maximum atomic E-state index is 11.5. The number of amides is 2. The molecule has 2 atom stereocenters. The van der Waals surface area contributed by atoms with Gasteiger partial charge in [0.1, 0.15) is 6.04 Å². The van der Waals surface area contributed by atoms with Crippen molar-refractivity contribution in [3.8, 4) is 0 Å². The van der Waals surface area contributed by atoms with Gasteiger partial charge in [-0.05, 0) is 12.5 Å². The molecule has 0 aliphatic heterocycles. The van der Waals surface area contributed by atoms with Crippen molar-refractivity contribution < 1.29 is 9.59 Å². The number of benzene rings is 1. The van der Waals surface area contributed by atoms with Gasteiger partial charge in [0.2, 0.25) is 11.8 Å². The average molecular weight is 272 g/mol.